The molecule has 8 nitrogen and oxygen atoms in total. The van der Waals surface area contributed by atoms with Gasteiger partial charge in [-0.05, 0) is 54.9 Å². The van der Waals surface area contributed by atoms with E-state index in [1.165, 1.54) is 11.0 Å². The number of amides is 1. The van der Waals surface area contributed by atoms with Crippen molar-refractivity contribution in [2.45, 2.75) is 25.8 Å². The quantitative estimate of drug-likeness (QED) is 0.864. The number of anilines is 1. The van der Waals surface area contributed by atoms with Gasteiger partial charge in [-0.1, -0.05) is 0 Å². The van der Waals surface area contributed by atoms with Crippen molar-refractivity contribution in [1.29, 1.82) is 0 Å². The van der Waals surface area contributed by atoms with Crippen molar-refractivity contribution < 1.29 is 9.53 Å². The molecule has 2 aromatic rings. The molecule has 3 rings (SSSR count). The highest BCUT2D eigenvalue weighted by atomic mass is 35.5. The SMILES string of the molecule is COc1ccc(NC(=O)[C@H]2CCN[C@@H](C)C2)cc1-n1cnnn1.Cl. The number of methoxy groups -OCH3 is 1. The maximum atomic E-state index is 12.4. The molecular formula is C15H21ClN6O2. The molecule has 1 aromatic heterocycles. The van der Waals surface area contributed by atoms with E-state index < -0.39 is 0 Å². The van der Waals surface area contributed by atoms with E-state index in [9.17, 15) is 4.79 Å². The summed E-state index contributed by atoms with van der Waals surface area (Å²) in [4.78, 5) is 12.4. The van der Waals surface area contributed by atoms with Gasteiger partial charge in [0.2, 0.25) is 5.91 Å². The summed E-state index contributed by atoms with van der Waals surface area (Å²) in [5, 5.41) is 17.5. The molecule has 1 aliphatic heterocycles. The summed E-state index contributed by atoms with van der Waals surface area (Å²) in [6.07, 6.45) is 3.19. The van der Waals surface area contributed by atoms with Crippen molar-refractivity contribution in [1.82, 2.24) is 25.5 Å². The van der Waals surface area contributed by atoms with Gasteiger partial charge >= 0.3 is 0 Å². The third-order valence-corrected chi connectivity index (χ3v) is 4.04. The molecule has 2 heterocycles. The largest absolute Gasteiger partial charge is 0.494 e. The Morgan fingerprint density at radius 3 is 2.96 bits per heavy atom. The number of tetrazole rings is 1. The standard InChI is InChI=1S/C15H20N6O2.ClH/c1-10-7-11(5-6-16-10)15(22)18-12-3-4-14(23-2)13(8-12)21-9-17-19-20-21;/h3-4,8-11,16H,5-7H2,1-2H3,(H,18,22);1H/t10-,11-;/m0./s1. The van der Waals surface area contributed by atoms with Crippen LogP contribution >= 0.6 is 12.4 Å². The molecule has 0 unspecified atom stereocenters. The van der Waals surface area contributed by atoms with Crippen LogP contribution in [0.1, 0.15) is 19.8 Å². The van der Waals surface area contributed by atoms with E-state index in [1.807, 2.05) is 6.07 Å². The molecular weight excluding hydrogens is 332 g/mol. The maximum absolute atomic E-state index is 12.4. The highest BCUT2D eigenvalue weighted by molar-refractivity contribution is 5.93. The number of carbonyl (C=O) groups is 1. The normalized spacial score (nSPS) is 20.1. The lowest BCUT2D eigenvalue weighted by molar-refractivity contribution is -0.120. The van der Waals surface area contributed by atoms with Crippen molar-refractivity contribution in [3.63, 3.8) is 0 Å². The molecule has 0 aliphatic carbocycles. The van der Waals surface area contributed by atoms with Gasteiger partial charge in [-0.25, -0.2) is 0 Å². The van der Waals surface area contributed by atoms with Crippen LogP contribution in [-0.4, -0.2) is 45.8 Å². The number of nitrogens with one attached hydrogen (secondary N) is 2. The molecule has 0 radical (unpaired) electrons. The molecule has 2 N–H and O–H groups in total. The summed E-state index contributed by atoms with van der Waals surface area (Å²) in [6.45, 7) is 2.97. The number of carbonyl (C=O) groups excluding carboxylic acids is 1. The smallest absolute Gasteiger partial charge is 0.227 e. The number of hydrogen-bond acceptors (Lipinski definition) is 6. The molecule has 0 bridgehead atoms. The number of ether oxygens (including phenoxy) is 1. The molecule has 9 heteroatoms. The second-order valence-electron chi connectivity index (χ2n) is 5.71. The van der Waals surface area contributed by atoms with Crippen LogP contribution < -0.4 is 15.4 Å². The Labute approximate surface area is 146 Å². The minimum Gasteiger partial charge on any atom is -0.494 e. The van der Waals surface area contributed by atoms with Gasteiger partial charge in [0.25, 0.3) is 0 Å². The number of aromatic nitrogens is 4. The zero-order valence-electron chi connectivity index (χ0n) is 13.6. The second kappa shape index (κ2) is 8.07. The zero-order chi connectivity index (χ0) is 16.2. The van der Waals surface area contributed by atoms with Gasteiger partial charge in [0.1, 0.15) is 17.8 Å². The average molecular weight is 353 g/mol. The van der Waals surface area contributed by atoms with Gasteiger partial charge in [-0.15, -0.1) is 17.5 Å². The molecule has 2 atom stereocenters. The van der Waals surface area contributed by atoms with Crippen molar-refractivity contribution in [2.75, 3.05) is 19.0 Å². The topological polar surface area (TPSA) is 94.0 Å². The van der Waals surface area contributed by atoms with E-state index in [0.717, 1.165) is 19.4 Å². The van der Waals surface area contributed by atoms with Crippen molar-refractivity contribution in [3.05, 3.63) is 24.5 Å². The Balaban J connectivity index is 0.00000208. The van der Waals surface area contributed by atoms with Crippen LogP contribution in [0.2, 0.25) is 0 Å². The first-order valence-electron chi connectivity index (χ1n) is 7.63. The van der Waals surface area contributed by atoms with Gasteiger partial charge in [0, 0.05) is 17.6 Å². The molecule has 1 amide bonds. The number of hydrogen-bond donors (Lipinski definition) is 2. The maximum Gasteiger partial charge on any atom is 0.227 e. The van der Waals surface area contributed by atoms with Crippen LogP contribution in [0.15, 0.2) is 24.5 Å². The Morgan fingerprint density at radius 2 is 2.29 bits per heavy atom. The number of rotatable bonds is 4. The summed E-state index contributed by atoms with van der Waals surface area (Å²) in [7, 11) is 1.58. The van der Waals surface area contributed by atoms with Gasteiger partial charge in [0.05, 0.1) is 7.11 Å². The Hall–Kier alpha value is -2.19. The predicted molar refractivity (Wildman–Crippen MR) is 91.8 cm³/mol. The van der Waals surface area contributed by atoms with Gasteiger partial charge in [-0.2, -0.15) is 4.68 Å². The molecule has 130 valence electrons. The lowest BCUT2D eigenvalue weighted by atomic mass is 9.92. The summed E-state index contributed by atoms with van der Waals surface area (Å²) in [6, 6.07) is 5.77. The monoisotopic (exact) mass is 352 g/mol. The Kier molecular flexibility index (Phi) is 6.10. The van der Waals surface area contributed by atoms with Gasteiger partial charge in [0.15, 0.2) is 0 Å². The van der Waals surface area contributed by atoms with Crippen LogP contribution in [0.3, 0.4) is 0 Å². The third-order valence-electron chi connectivity index (χ3n) is 4.04. The first kappa shape index (κ1) is 18.2. The van der Waals surface area contributed by atoms with Crippen molar-refractivity contribution in [2.24, 2.45) is 5.92 Å². The van der Waals surface area contributed by atoms with E-state index >= 15 is 0 Å². The average Bonchev–Trinajstić information content (AvgIpc) is 3.09. The lowest BCUT2D eigenvalue weighted by Crippen LogP contribution is -2.40. The van der Waals surface area contributed by atoms with Crippen molar-refractivity contribution in [3.8, 4) is 11.4 Å². The molecule has 1 fully saturated rings. The highest BCUT2D eigenvalue weighted by Gasteiger charge is 2.24. The van der Waals surface area contributed by atoms with E-state index in [1.54, 1.807) is 19.2 Å². The third kappa shape index (κ3) is 4.01. The first-order chi connectivity index (χ1) is 11.2. The lowest BCUT2D eigenvalue weighted by Gasteiger charge is -2.27. The number of halogens is 1. The van der Waals surface area contributed by atoms with Crippen LogP contribution in [-0.2, 0) is 4.79 Å². The second-order valence-corrected chi connectivity index (χ2v) is 5.71. The Morgan fingerprint density at radius 1 is 1.46 bits per heavy atom. The Bertz CT molecular complexity index is 679. The van der Waals surface area contributed by atoms with Gasteiger partial charge < -0.3 is 15.4 Å². The van der Waals surface area contributed by atoms with E-state index in [2.05, 4.69) is 33.1 Å². The van der Waals surface area contributed by atoms with Crippen LogP contribution in [0.5, 0.6) is 5.75 Å². The van der Waals surface area contributed by atoms with Crippen LogP contribution in [0.4, 0.5) is 5.69 Å². The van der Waals surface area contributed by atoms with E-state index in [0.29, 0.717) is 23.2 Å². The number of benzene rings is 1. The molecule has 1 aromatic carbocycles. The van der Waals surface area contributed by atoms with Crippen molar-refractivity contribution >= 4 is 24.0 Å². The summed E-state index contributed by atoms with van der Waals surface area (Å²) in [5.41, 5.74) is 1.38. The zero-order valence-corrected chi connectivity index (χ0v) is 14.4. The summed E-state index contributed by atoms with van der Waals surface area (Å²) >= 11 is 0. The fourth-order valence-corrected chi connectivity index (χ4v) is 2.83. The fourth-order valence-electron chi connectivity index (χ4n) is 2.83. The highest BCUT2D eigenvalue weighted by Crippen LogP contribution is 2.26. The number of piperidine rings is 1. The van der Waals surface area contributed by atoms with E-state index in [4.69, 9.17) is 4.74 Å². The van der Waals surface area contributed by atoms with Crippen LogP contribution in [0, 0.1) is 5.92 Å². The first-order valence-corrected chi connectivity index (χ1v) is 7.63. The molecule has 0 saturated carbocycles. The minimum atomic E-state index is 0. The minimum absolute atomic E-state index is 0. The molecule has 0 spiro atoms. The van der Waals surface area contributed by atoms with Crippen LogP contribution in [0.25, 0.3) is 5.69 Å². The molecule has 24 heavy (non-hydrogen) atoms. The number of nitrogens with zero attached hydrogens (tertiary/aromatic N) is 4. The fraction of sp³-hybridized carbons (Fsp3) is 0.467. The molecule has 1 saturated heterocycles. The predicted octanol–water partition coefficient (Wildman–Crippen LogP) is 1.42. The summed E-state index contributed by atoms with van der Waals surface area (Å²) in [5.74, 6) is 0.710. The molecule has 1 aliphatic rings. The van der Waals surface area contributed by atoms with E-state index in [-0.39, 0.29) is 24.2 Å². The summed E-state index contributed by atoms with van der Waals surface area (Å²) < 4.78 is 6.82. The van der Waals surface area contributed by atoms with Gasteiger partial charge in [-0.3, -0.25) is 4.79 Å².